The molecule has 20 heavy (non-hydrogen) atoms. The summed E-state index contributed by atoms with van der Waals surface area (Å²) in [7, 11) is 3.34. The van der Waals surface area contributed by atoms with E-state index in [9.17, 15) is 0 Å². The number of ether oxygens (including phenoxy) is 2. The lowest BCUT2D eigenvalue weighted by Gasteiger charge is -2.10. The summed E-state index contributed by atoms with van der Waals surface area (Å²) in [5.41, 5.74) is 1.85. The largest absolute Gasteiger partial charge is 0.497 e. The van der Waals surface area contributed by atoms with Gasteiger partial charge in [-0.3, -0.25) is 0 Å². The maximum Gasteiger partial charge on any atom is 0.167 e. The average molecular weight is 276 g/mol. The maximum atomic E-state index is 5.35. The Balaban J connectivity index is 1.97. The van der Waals surface area contributed by atoms with Crippen molar-refractivity contribution < 1.29 is 14.0 Å². The molecule has 5 nitrogen and oxygen atoms in total. The monoisotopic (exact) mass is 276 g/mol. The summed E-state index contributed by atoms with van der Waals surface area (Å²) in [5.74, 6) is 1.58. The predicted octanol–water partition coefficient (Wildman–Crippen LogP) is 2.47. The smallest absolute Gasteiger partial charge is 0.167 e. The lowest BCUT2D eigenvalue weighted by atomic mass is 10.1. The molecule has 1 aromatic heterocycles. The lowest BCUT2D eigenvalue weighted by Crippen LogP contribution is -2.29. The lowest BCUT2D eigenvalue weighted by molar-refractivity contribution is 0.171. The third-order valence-corrected chi connectivity index (χ3v) is 2.98. The third kappa shape index (κ3) is 3.82. The molecule has 0 amide bonds. The van der Waals surface area contributed by atoms with Gasteiger partial charge in [-0.2, -0.15) is 0 Å². The van der Waals surface area contributed by atoms with Crippen molar-refractivity contribution in [2.75, 3.05) is 20.8 Å². The van der Waals surface area contributed by atoms with Crippen LogP contribution in [0.2, 0.25) is 0 Å². The van der Waals surface area contributed by atoms with Crippen molar-refractivity contribution in [1.29, 1.82) is 0 Å². The van der Waals surface area contributed by atoms with Crippen LogP contribution in [0.25, 0.3) is 11.3 Å². The van der Waals surface area contributed by atoms with Crippen LogP contribution in [0.5, 0.6) is 5.75 Å². The molecule has 1 aromatic carbocycles. The van der Waals surface area contributed by atoms with Crippen molar-refractivity contribution in [1.82, 2.24) is 10.5 Å². The van der Waals surface area contributed by atoms with E-state index in [2.05, 4.69) is 17.4 Å². The fourth-order valence-corrected chi connectivity index (χ4v) is 1.87. The van der Waals surface area contributed by atoms with Gasteiger partial charge in [0.05, 0.1) is 19.4 Å². The molecule has 0 aliphatic heterocycles. The van der Waals surface area contributed by atoms with Gasteiger partial charge in [0.2, 0.25) is 0 Å². The summed E-state index contributed by atoms with van der Waals surface area (Å²) in [6.07, 6.45) is 0. The van der Waals surface area contributed by atoms with Crippen molar-refractivity contribution >= 4 is 0 Å². The van der Waals surface area contributed by atoms with Gasteiger partial charge >= 0.3 is 0 Å². The molecule has 0 radical (unpaired) electrons. The Bertz CT molecular complexity index is 522. The number of aromatic nitrogens is 1. The minimum atomic E-state index is 0.279. The van der Waals surface area contributed by atoms with Crippen LogP contribution in [-0.4, -0.2) is 32.0 Å². The van der Waals surface area contributed by atoms with E-state index in [1.54, 1.807) is 14.2 Å². The normalized spacial score (nSPS) is 12.3. The fourth-order valence-electron chi connectivity index (χ4n) is 1.87. The van der Waals surface area contributed by atoms with Crippen LogP contribution in [0.3, 0.4) is 0 Å². The molecule has 2 rings (SSSR count). The standard InChI is InChI=1S/C15H20N2O3/c1-11(10-18-2)16-9-13-8-15(20-17-13)12-4-6-14(19-3)7-5-12/h4-8,11,16H,9-10H2,1-3H3. The SMILES string of the molecule is COCC(C)NCc1cc(-c2ccc(OC)cc2)on1. The maximum absolute atomic E-state index is 5.35. The highest BCUT2D eigenvalue weighted by molar-refractivity contribution is 5.58. The summed E-state index contributed by atoms with van der Waals surface area (Å²) < 4.78 is 15.6. The molecule has 1 unspecified atom stereocenters. The minimum Gasteiger partial charge on any atom is -0.497 e. The van der Waals surface area contributed by atoms with E-state index in [-0.39, 0.29) is 6.04 Å². The first-order valence-electron chi connectivity index (χ1n) is 6.55. The second kappa shape index (κ2) is 7.07. The van der Waals surface area contributed by atoms with Crippen LogP contribution < -0.4 is 10.1 Å². The van der Waals surface area contributed by atoms with Crippen LogP contribution in [0.15, 0.2) is 34.9 Å². The van der Waals surface area contributed by atoms with Crippen molar-refractivity contribution in [3.05, 3.63) is 36.0 Å². The second-order valence-electron chi connectivity index (χ2n) is 4.65. The molecule has 1 heterocycles. The highest BCUT2D eigenvalue weighted by Crippen LogP contribution is 2.22. The fraction of sp³-hybridized carbons (Fsp3) is 0.400. The molecule has 1 N–H and O–H groups in total. The Kier molecular flexibility index (Phi) is 5.15. The number of rotatable bonds is 7. The highest BCUT2D eigenvalue weighted by atomic mass is 16.5. The molecular weight excluding hydrogens is 256 g/mol. The second-order valence-corrected chi connectivity index (χ2v) is 4.65. The molecule has 0 bridgehead atoms. The van der Waals surface area contributed by atoms with Gasteiger partial charge in [-0.25, -0.2) is 0 Å². The van der Waals surface area contributed by atoms with Gasteiger partial charge in [-0.05, 0) is 31.2 Å². The number of nitrogens with zero attached hydrogens (tertiary/aromatic N) is 1. The molecule has 5 heteroatoms. The molecule has 0 aliphatic rings. The summed E-state index contributed by atoms with van der Waals surface area (Å²) in [4.78, 5) is 0. The van der Waals surface area contributed by atoms with Crippen LogP contribution in [0.1, 0.15) is 12.6 Å². The summed E-state index contributed by atoms with van der Waals surface area (Å²) in [6.45, 7) is 3.39. The molecular formula is C15H20N2O3. The van der Waals surface area contributed by atoms with Gasteiger partial charge < -0.3 is 19.3 Å². The molecule has 0 fully saturated rings. The zero-order valence-electron chi connectivity index (χ0n) is 12.1. The number of hydrogen-bond acceptors (Lipinski definition) is 5. The molecule has 2 aromatic rings. The van der Waals surface area contributed by atoms with Gasteiger partial charge in [0.1, 0.15) is 5.75 Å². The van der Waals surface area contributed by atoms with Crippen molar-refractivity contribution in [3.63, 3.8) is 0 Å². The van der Waals surface area contributed by atoms with E-state index in [1.165, 1.54) is 0 Å². The van der Waals surface area contributed by atoms with Crippen molar-refractivity contribution in [2.45, 2.75) is 19.5 Å². The van der Waals surface area contributed by atoms with E-state index in [4.69, 9.17) is 14.0 Å². The number of benzene rings is 1. The van der Waals surface area contributed by atoms with E-state index in [0.717, 1.165) is 22.8 Å². The Morgan fingerprint density at radius 3 is 2.65 bits per heavy atom. The van der Waals surface area contributed by atoms with Gasteiger partial charge in [0, 0.05) is 31.3 Å². The predicted molar refractivity (Wildman–Crippen MR) is 76.7 cm³/mol. The molecule has 0 saturated carbocycles. The number of methoxy groups -OCH3 is 2. The van der Waals surface area contributed by atoms with Crippen LogP contribution in [0, 0.1) is 0 Å². The van der Waals surface area contributed by atoms with Gasteiger partial charge in [-0.15, -0.1) is 0 Å². The Morgan fingerprint density at radius 1 is 1.25 bits per heavy atom. The van der Waals surface area contributed by atoms with Gasteiger partial charge in [0.15, 0.2) is 5.76 Å². The summed E-state index contributed by atoms with van der Waals surface area (Å²) >= 11 is 0. The molecule has 108 valence electrons. The van der Waals surface area contributed by atoms with Crippen LogP contribution in [-0.2, 0) is 11.3 Å². The summed E-state index contributed by atoms with van der Waals surface area (Å²) in [6, 6.07) is 9.91. The number of nitrogens with one attached hydrogen (secondary N) is 1. The van der Waals surface area contributed by atoms with E-state index >= 15 is 0 Å². The first-order chi connectivity index (χ1) is 9.72. The van der Waals surface area contributed by atoms with E-state index in [0.29, 0.717) is 13.2 Å². The van der Waals surface area contributed by atoms with Crippen molar-refractivity contribution in [3.8, 4) is 17.1 Å². The van der Waals surface area contributed by atoms with E-state index < -0.39 is 0 Å². The minimum absolute atomic E-state index is 0.279. The van der Waals surface area contributed by atoms with Gasteiger partial charge in [0.25, 0.3) is 0 Å². The van der Waals surface area contributed by atoms with Crippen LogP contribution >= 0.6 is 0 Å². The van der Waals surface area contributed by atoms with E-state index in [1.807, 2.05) is 30.3 Å². The third-order valence-electron chi connectivity index (χ3n) is 2.98. The zero-order chi connectivity index (χ0) is 14.4. The molecule has 1 atom stereocenters. The molecule has 0 spiro atoms. The zero-order valence-corrected chi connectivity index (χ0v) is 12.1. The van der Waals surface area contributed by atoms with Crippen molar-refractivity contribution in [2.24, 2.45) is 0 Å². The van der Waals surface area contributed by atoms with Gasteiger partial charge in [-0.1, -0.05) is 5.16 Å². The molecule has 0 saturated heterocycles. The Morgan fingerprint density at radius 2 is 2.00 bits per heavy atom. The Hall–Kier alpha value is -1.85. The quantitative estimate of drug-likeness (QED) is 0.842. The van der Waals surface area contributed by atoms with Crippen LogP contribution in [0.4, 0.5) is 0 Å². The first-order valence-corrected chi connectivity index (χ1v) is 6.55. The average Bonchev–Trinajstić information content (AvgIpc) is 2.94. The summed E-state index contributed by atoms with van der Waals surface area (Å²) in [5, 5.41) is 7.37. The molecule has 0 aliphatic carbocycles. The first kappa shape index (κ1) is 14.6. The topological polar surface area (TPSA) is 56.5 Å². The highest BCUT2D eigenvalue weighted by Gasteiger charge is 2.08. The number of hydrogen-bond donors (Lipinski definition) is 1. The Labute approximate surface area is 118 Å².